The third kappa shape index (κ3) is 5.61. The molecule has 0 spiro atoms. The molecule has 0 unspecified atom stereocenters. The standard InChI is InChI=1S/C25H22N8OS/c34-25(27-14-19-10-12-20(13-11-19)15-32-18-26-17-28-32)22-8-4-5-9-23(22)35-16-24-29-30-31-33(24)21-6-2-1-3-7-21/h1-13,17-18H,14-16H2,(H,27,34). The molecule has 0 radical (unpaired) electrons. The molecule has 0 aliphatic carbocycles. The predicted octanol–water partition coefficient (Wildman–Crippen LogP) is 3.52. The minimum absolute atomic E-state index is 0.123. The predicted molar refractivity (Wildman–Crippen MR) is 132 cm³/mol. The molecule has 35 heavy (non-hydrogen) atoms. The fourth-order valence-electron chi connectivity index (χ4n) is 3.53. The largest absolute Gasteiger partial charge is 0.348 e. The maximum Gasteiger partial charge on any atom is 0.252 e. The van der Waals surface area contributed by atoms with E-state index in [1.807, 2.05) is 78.9 Å². The number of para-hydroxylation sites is 1. The van der Waals surface area contributed by atoms with Crippen molar-refractivity contribution in [1.82, 2.24) is 40.3 Å². The number of nitrogens with one attached hydrogen (secondary N) is 1. The molecule has 0 saturated carbocycles. The van der Waals surface area contributed by atoms with E-state index >= 15 is 0 Å². The normalized spacial score (nSPS) is 10.9. The Bertz CT molecular complexity index is 1380. The minimum Gasteiger partial charge on any atom is -0.348 e. The Morgan fingerprint density at radius 1 is 0.914 bits per heavy atom. The van der Waals surface area contributed by atoms with Crippen LogP contribution in [0.5, 0.6) is 0 Å². The Kier molecular flexibility index (Phi) is 6.90. The Morgan fingerprint density at radius 3 is 2.49 bits per heavy atom. The summed E-state index contributed by atoms with van der Waals surface area (Å²) >= 11 is 1.53. The molecule has 0 saturated heterocycles. The van der Waals surface area contributed by atoms with E-state index in [9.17, 15) is 4.79 Å². The first-order valence-corrected chi connectivity index (χ1v) is 12.0. The minimum atomic E-state index is -0.123. The van der Waals surface area contributed by atoms with Crippen LogP contribution in [0.25, 0.3) is 5.69 Å². The highest BCUT2D eigenvalue weighted by Crippen LogP contribution is 2.26. The second kappa shape index (κ2) is 10.7. The molecule has 0 atom stereocenters. The zero-order valence-corrected chi connectivity index (χ0v) is 19.5. The first kappa shape index (κ1) is 22.5. The number of rotatable bonds is 9. The molecule has 2 aromatic heterocycles. The van der Waals surface area contributed by atoms with Gasteiger partial charge in [-0.15, -0.1) is 16.9 Å². The molecule has 1 N–H and O–H groups in total. The fourth-order valence-corrected chi connectivity index (χ4v) is 4.49. The van der Waals surface area contributed by atoms with Gasteiger partial charge in [0.15, 0.2) is 5.82 Å². The Labute approximate surface area is 206 Å². The molecule has 5 rings (SSSR count). The van der Waals surface area contributed by atoms with E-state index in [4.69, 9.17) is 0 Å². The number of benzene rings is 3. The molecule has 0 aliphatic rings. The average Bonchev–Trinajstić information content (AvgIpc) is 3.60. The molecule has 2 heterocycles. The first-order valence-electron chi connectivity index (χ1n) is 11.0. The summed E-state index contributed by atoms with van der Waals surface area (Å²) in [4.78, 5) is 17.8. The van der Waals surface area contributed by atoms with Gasteiger partial charge in [-0.3, -0.25) is 4.79 Å². The van der Waals surface area contributed by atoms with E-state index in [0.717, 1.165) is 21.7 Å². The van der Waals surface area contributed by atoms with E-state index in [1.165, 1.54) is 18.1 Å². The fraction of sp³-hybridized carbons (Fsp3) is 0.120. The van der Waals surface area contributed by atoms with E-state index in [1.54, 1.807) is 15.7 Å². The number of carbonyl (C=O) groups excluding carboxylic acids is 1. The highest BCUT2D eigenvalue weighted by Gasteiger charge is 2.14. The van der Waals surface area contributed by atoms with Crippen molar-refractivity contribution in [3.8, 4) is 5.69 Å². The molecule has 0 aliphatic heterocycles. The second-order valence-electron chi connectivity index (χ2n) is 7.72. The lowest BCUT2D eigenvalue weighted by Crippen LogP contribution is -2.23. The lowest BCUT2D eigenvalue weighted by molar-refractivity contribution is 0.0948. The second-order valence-corrected chi connectivity index (χ2v) is 8.74. The number of aromatic nitrogens is 7. The molecule has 5 aromatic rings. The lowest BCUT2D eigenvalue weighted by Gasteiger charge is -2.11. The lowest BCUT2D eigenvalue weighted by atomic mass is 10.1. The number of amides is 1. The zero-order valence-electron chi connectivity index (χ0n) is 18.7. The van der Waals surface area contributed by atoms with E-state index in [-0.39, 0.29) is 5.91 Å². The zero-order chi connectivity index (χ0) is 23.9. The van der Waals surface area contributed by atoms with E-state index in [0.29, 0.717) is 30.2 Å². The number of thioether (sulfide) groups is 1. The van der Waals surface area contributed by atoms with Crippen molar-refractivity contribution in [3.63, 3.8) is 0 Å². The molecule has 174 valence electrons. The molecule has 0 bridgehead atoms. The summed E-state index contributed by atoms with van der Waals surface area (Å²) in [5.74, 6) is 1.12. The summed E-state index contributed by atoms with van der Waals surface area (Å²) in [7, 11) is 0. The van der Waals surface area contributed by atoms with Crippen LogP contribution in [0, 0.1) is 0 Å². The van der Waals surface area contributed by atoms with Gasteiger partial charge < -0.3 is 5.32 Å². The van der Waals surface area contributed by atoms with Crippen molar-refractivity contribution < 1.29 is 4.79 Å². The van der Waals surface area contributed by atoms with Crippen LogP contribution in [0.15, 0.2) is 96.4 Å². The number of carbonyl (C=O) groups is 1. The van der Waals surface area contributed by atoms with Crippen LogP contribution < -0.4 is 5.32 Å². The van der Waals surface area contributed by atoms with Crippen molar-refractivity contribution >= 4 is 17.7 Å². The van der Waals surface area contributed by atoms with Crippen molar-refractivity contribution in [3.05, 3.63) is 114 Å². The van der Waals surface area contributed by atoms with Crippen LogP contribution in [-0.2, 0) is 18.8 Å². The van der Waals surface area contributed by atoms with Gasteiger partial charge in [-0.05, 0) is 45.8 Å². The third-order valence-electron chi connectivity index (χ3n) is 5.31. The van der Waals surface area contributed by atoms with Gasteiger partial charge >= 0.3 is 0 Å². The summed E-state index contributed by atoms with van der Waals surface area (Å²) in [6.45, 7) is 1.10. The third-order valence-corrected chi connectivity index (χ3v) is 6.38. The maximum absolute atomic E-state index is 13.0. The van der Waals surface area contributed by atoms with Crippen molar-refractivity contribution in [2.45, 2.75) is 23.7 Å². The molecule has 1 amide bonds. The highest BCUT2D eigenvalue weighted by atomic mass is 32.2. The van der Waals surface area contributed by atoms with Crippen LogP contribution in [0.2, 0.25) is 0 Å². The number of hydrogen-bond acceptors (Lipinski definition) is 7. The Balaban J connectivity index is 1.21. The molecule has 10 heteroatoms. The summed E-state index contributed by atoms with van der Waals surface area (Å²) in [6, 6.07) is 25.4. The molecular formula is C25H22N8OS. The van der Waals surface area contributed by atoms with Gasteiger partial charge in [0.25, 0.3) is 5.91 Å². The number of nitrogens with zero attached hydrogens (tertiary/aromatic N) is 7. The van der Waals surface area contributed by atoms with Crippen molar-refractivity contribution in [2.24, 2.45) is 0 Å². The molecule has 0 fully saturated rings. The van der Waals surface area contributed by atoms with Gasteiger partial charge in [-0.1, -0.05) is 54.6 Å². The van der Waals surface area contributed by atoms with Crippen molar-refractivity contribution in [2.75, 3.05) is 0 Å². The van der Waals surface area contributed by atoms with Gasteiger partial charge in [-0.2, -0.15) is 9.78 Å². The Morgan fingerprint density at radius 2 is 1.69 bits per heavy atom. The summed E-state index contributed by atoms with van der Waals surface area (Å²) in [6.07, 6.45) is 3.21. The number of hydrogen-bond donors (Lipinski definition) is 1. The highest BCUT2D eigenvalue weighted by molar-refractivity contribution is 7.98. The smallest absolute Gasteiger partial charge is 0.252 e. The summed E-state index contributed by atoms with van der Waals surface area (Å²) < 4.78 is 3.48. The Hall–Kier alpha value is -4.31. The van der Waals surface area contributed by atoms with Crippen LogP contribution in [0.4, 0.5) is 0 Å². The first-order chi connectivity index (χ1) is 17.3. The van der Waals surface area contributed by atoms with Crippen LogP contribution in [-0.4, -0.2) is 40.9 Å². The monoisotopic (exact) mass is 482 g/mol. The van der Waals surface area contributed by atoms with Crippen molar-refractivity contribution in [1.29, 1.82) is 0 Å². The molecular weight excluding hydrogens is 460 g/mol. The van der Waals surface area contributed by atoms with E-state index in [2.05, 4.69) is 30.9 Å². The maximum atomic E-state index is 13.0. The van der Waals surface area contributed by atoms with Crippen LogP contribution in [0.3, 0.4) is 0 Å². The van der Waals surface area contributed by atoms with E-state index < -0.39 is 0 Å². The molecule has 9 nitrogen and oxygen atoms in total. The molecule has 3 aromatic carbocycles. The quantitative estimate of drug-likeness (QED) is 0.321. The summed E-state index contributed by atoms with van der Waals surface area (Å²) in [5.41, 5.74) is 3.66. The van der Waals surface area contributed by atoms with Crippen LogP contribution >= 0.6 is 11.8 Å². The van der Waals surface area contributed by atoms with Gasteiger partial charge in [-0.25, -0.2) is 9.67 Å². The summed E-state index contributed by atoms with van der Waals surface area (Å²) in [5, 5.41) is 19.2. The number of tetrazole rings is 1. The topological polar surface area (TPSA) is 103 Å². The van der Waals surface area contributed by atoms with Gasteiger partial charge in [0, 0.05) is 11.4 Å². The van der Waals surface area contributed by atoms with Gasteiger partial charge in [0.05, 0.1) is 23.5 Å². The van der Waals surface area contributed by atoms with Gasteiger partial charge in [0.2, 0.25) is 0 Å². The van der Waals surface area contributed by atoms with Gasteiger partial charge in [0.1, 0.15) is 12.7 Å². The average molecular weight is 483 g/mol. The van der Waals surface area contributed by atoms with Crippen LogP contribution in [0.1, 0.15) is 27.3 Å². The SMILES string of the molecule is O=C(NCc1ccc(Cn2cncn2)cc1)c1ccccc1SCc1nnnn1-c1ccccc1.